The summed E-state index contributed by atoms with van der Waals surface area (Å²) in [5, 5.41) is 3.44. The molecule has 2 rings (SSSR count). The Bertz CT molecular complexity index is 331. The Kier molecular flexibility index (Phi) is 2.20. The Morgan fingerprint density at radius 1 is 1.38 bits per heavy atom. The molecule has 0 amide bonds. The van der Waals surface area contributed by atoms with Crippen molar-refractivity contribution < 1.29 is 0 Å². The summed E-state index contributed by atoms with van der Waals surface area (Å²) in [6, 6.07) is 6.56. The van der Waals surface area contributed by atoms with Crippen LogP contribution in [0, 0.1) is 0 Å². The van der Waals surface area contributed by atoms with Crippen molar-refractivity contribution in [2.75, 3.05) is 6.54 Å². The molecule has 0 spiro atoms. The lowest BCUT2D eigenvalue weighted by atomic mass is 9.79. The fourth-order valence-corrected chi connectivity index (χ4v) is 2.30. The first-order valence-electron chi connectivity index (χ1n) is 4.59. The third kappa shape index (κ3) is 1.65. The second-order valence-corrected chi connectivity index (χ2v) is 5.20. The van der Waals surface area contributed by atoms with Crippen LogP contribution in [0.25, 0.3) is 0 Å². The van der Waals surface area contributed by atoms with Crippen molar-refractivity contribution in [3.05, 3.63) is 33.8 Å². The van der Waals surface area contributed by atoms with Crippen LogP contribution in [-0.4, -0.2) is 6.54 Å². The van der Waals surface area contributed by atoms with E-state index in [2.05, 4.69) is 53.3 Å². The predicted octanol–water partition coefficient (Wildman–Crippen LogP) is 2.83. The standard InChI is InChI=1S/C11H14BrN/c1-11(2)7-13-6-8-3-4-9(12)5-10(8)11/h3-5,13H,6-7H2,1-2H3. The quantitative estimate of drug-likeness (QED) is 0.735. The van der Waals surface area contributed by atoms with E-state index in [4.69, 9.17) is 0 Å². The van der Waals surface area contributed by atoms with Crippen LogP contribution in [0.3, 0.4) is 0 Å². The Hall–Kier alpha value is -0.340. The summed E-state index contributed by atoms with van der Waals surface area (Å²) in [7, 11) is 0. The summed E-state index contributed by atoms with van der Waals surface area (Å²) < 4.78 is 1.18. The molecule has 2 heteroatoms. The van der Waals surface area contributed by atoms with Crippen LogP contribution >= 0.6 is 15.9 Å². The van der Waals surface area contributed by atoms with E-state index in [-0.39, 0.29) is 5.41 Å². The fourth-order valence-electron chi connectivity index (χ4n) is 1.94. The van der Waals surface area contributed by atoms with E-state index in [1.54, 1.807) is 0 Å². The molecule has 1 nitrogen and oxygen atoms in total. The average Bonchev–Trinajstić information content (AvgIpc) is 2.06. The number of fused-ring (bicyclic) bond motifs is 1. The van der Waals surface area contributed by atoms with E-state index in [1.807, 2.05) is 0 Å². The van der Waals surface area contributed by atoms with Gasteiger partial charge in [-0.1, -0.05) is 35.8 Å². The maximum Gasteiger partial charge on any atom is 0.0208 e. The third-order valence-corrected chi connectivity index (χ3v) is 3.18. The summed E-state index contributed by atoms with van der Waals surface area (Å²) in [4.78, 5) is 0. The molecule has 0 fully saturated rings. The smallest absolute Gasteiger partial charge is 0.0208 e. The van der Waals surface area contributed by atoms with Crippen molar-refractivity contribution >= 4 is 15.9 Å². The lowest BCUT2D eigenvalue weighted by molar-refractivity contribution is 0.434. The molecule has 1 heterocycles. The zero-order chi connectivity index (χ0) is 9.47. The number of nitrogens with one attached hydrogen (secondary N) is 1. The Labute approximate surface area is 87.7 Å². The number of rotatable bonds is 0. The minimum absolute atomic E-state index is 0.261. The van der Waals surface area contributed by atoms with Crippen molar-refractivity contribution in [1.29, 1.82) is 0 Å². The molecule has 0 saturated carbocycles. The zero-order valence-electron chi connectivity index (χ0n) is 8.02. The van der Waals surface area contributed by atoms with E-state index in [0.717, 1.165) is 13.1 Å². The van der Waals surface area contributed by atoms with E-state index < -0.39 is 0 Å². The SMILES string of the molecule is CC1(C)CNCc2ccc(Br)cc21. The Morgan fingerprint density at radius 3 is 2.92 bits per heavy atom. The number of hydrogen-bond donors (Lipinski definition) is 1. The van der Waals surface area contributed by atoms with Gasteiger partial charge in [-0.3, -0.25) is 0 Å². The van der Waals surface area contributed by atoms with Crippen molar-refractivity contribution in [1.82, 2.24) is 5.32 Å². The van der Waals surface area contributed by atoms with E-state index in [0.29, 0.717) is 0 Å². The Morgan fingerprint density at radius 2 is 2.15 bits per heavy atom. The third-order valence-electron chi connectivity index (χ3n) is 2.68. The maximum absolute atomic E-state index is 3.52. The highest BCUT2D eigenvalue weighted by Gasteiger charge is 2.26. The molecule has 1 aliphatic heterocycles. The first-order valence-corrected chi connectivity index (χ1v) is 5.38. The number of hydrogen-bond acceptors (Lipinski definition) is 1. The highest BCUT2D eigenvalue weighted by atomic mass is 79.9. The second-order valence-electron chi connectivity index (χ2n) is 4.29. The minimum atomic E-state index is 0.261. The summed E-state index contributed by atoms with van der Waals surface area (Å²) in [6.07, 6.45) is 0. The van der Waals surface area contributed by atoms with Crippen LogP contribution in [0.1, 0.15) is 25.0 Å². The van der Waals surface area contributed by atoms with Crippen LogP contribution in [-0.2, 0) is 12.0 Å². The summed E-state index contributed by atoms with van der Waals surface area (Å²) in [6.45, 7) is 6.64. The molecule has 0 saturated heterocycles. The van der Waals surface area contributed by atoms with Gasteiger partial charge in [0.15, 0.2) is 0 Å². The van der Waals surface area contributed by atoms with Gasteiger partial charge < -0.3 is 5.32 Å². The van der Waals surface area contributed by atoms with E-state index >= 15 is 0 Å². The van der Waals surface area contributed by atoms with Crippen molar-refractivity contribution in [3.8, 4) is 0 Å². The summed E-state index contributed by atoms with van der Waals surface area (Å²) >= 11 is 3.52. The molecule has 0 unspecified atom stereocenters. The van der Waals surface area contributed by atoms with Crippen molar-refractivity contribution in [2.24, 2.45) is 0 Å². The van der Waals surface area contributed by atoms with Crippen molar-refractivity contribution in [2.45, 2.75) is 25.8 Å². The van der Waals surface area contributed by atoms with E-state index in [9.17, 15) is 0 Å². The van der Waals surface area contributed by atoms with Gasteiger partial charge in [-0.25, -0.2) is 0 Å². The molecule has 0 radical (unpaired) electrons. The van der Waals surface area contributed by atoms with Gasteiger partial charge in [-0.15, -0.1) is 0 Å². The largest absolute Gasteiger partial charge is 0.312 e. The van der Waals surface area contributed by atoms with Crippen LogP contribution in [0.4, 0.5) is 0 Å². The molecular weight excluding hydrogens is 226 g/mol. The summed E-state index contributed by atoms with van der Waals surface area (Å²) in [5.74, 6) is 0. The van der Waals surface area contributed by atoms with Gasteiger partial charge in [0, 0.05) is 23.0 Å². The lowest BCUT2D eigenvalue weighted by Gasteiger charge is -2.33. The molecule has 1 aromatic rings. The molecule has 0 aromatic heterocycles. The fraction of sp³-hybridized carbons (Fsp3) is 0.455. The second kappa shape index (κ2) is 3.10. The molecule has 1 aliphatic rings. The Balaban J connectivity index is 2.55. The number of benzene rings is 1. The molecule has 13 heavy (non-hydrogen) atoms. The highest BCUT2D eigenvalue weighted by molar-refractivity contribution is 9.10. The zero-order valence-corrected chi connectivity index (χ0v) is 9.61. The molecule has 70 valence electrons. The highest BCUT2D eigenvalue weighted by Crippen LogP contribution is 2.31. The monoisotopic (exact) mass is 239 g/mol. The van der Waals surface area contributed by atoms with E-state index in [1.165, 1.54) is 15.6 Å². The molecule has 1 N–H and O–H groups in total. The first kappa shape index (κ1) is 9.22. The number of halogens is 1. The normalized spacial score (nSPS) is 19.6. The van der Waals surface area contributed by atoms with Gasteiger partial charge in [0.05, 0.1) is 0 Å². The van der Waals surface area contributed by atoms with Crippen LogP contribution in [0.2, 0.25) is 0 Å². The molecule has 1 aromatic carbocycles. The van der Waals surface area contributed by atoms with Gasteiger partial charge >= 0.3 is 0 Å². The average molecular weight is 240 g/mol. The van der Waals surface area contributed by atoms with Crippen LogP contribution in [0.5, 0.6) is 0 Å². The van der Waals surface area contributed by atoms with Gasteiger partial charge in [-0.05, 0) is 23.3 Å². The topological polar surface area (TPSA) is 12.0 Å². The maximum atomic E-state index is 3.52. The molecule has 0 atom stereocenters. The van der Waals surface area contributed by atoms with Crippen LogP contribution < -0.4 is 5.32 Å². The van der Waals surface area contributed by atoms with Gasteiger partial charge in [0.1, 0.15) is 0 Å². The molecular formula is C11H14BrN. The molecule has 0 aliphatic carbocycles. The lowest BCUT2D eigenvalue weighted by Crippen LogP contribution is -2.38. The first-order chi connectivity index (χ1) is 6.09. The van der Waals surface area contributed by atoms with Gasteiger partial charge in [0.2, 0.25) is 0 Å². The van der Waals surface area contributed by atoms with Gasteiger partial charge in [0.25, 0.3) is 0 Å². The summed E-state index contributed by atoms with van der Waals surface area (Å²) in [5.41, 5.74) is 3.16. The van der Waals surface area contributed by atoms with Gasteiger partial charge in [-0.2, -0.15) is 0 Å². The van der Waals surface area contributed by atoms with Crippen molar-refractivity contribution in [3.63, 3.8) is 0 Å². The predicted molar refractivity (Wildman–Crippen MR) is 58.9 cm³/mol. The minimum Gasteiger partial charge on any atom is -0.312 e. The van der Waals surface area contributed by atoms with Crippen LogP contribution in [0.15, 0.2) is 22.7 Å². The molecule has 0 bridgehead atoms.